The molecular formula is C23H24ClN3O2. The number of benzene rings is 2. The molecule has 0 radical (unpaired) electrons. The second-order valence-corrected chi connectivity index (χ2v) is 7.93. The van der Waals surface area contributed by atoms with Gasteiger partial charge in [-0.05, 0) is 30.5 Å². The standard InChI is InChI=1S/C23H24ClN3O2/c24-19-13-11-17(12-14-19)15-22(28)27(20-9-5-2-6-10-20)16-21-25-23(26-29-21)18-7-3-1-4-8-18/h1,3-4,7-8,11-14,20H,2,5-6,9-10,15-16H2. The number of amides is 1. The van der Waals surface area contributed by atoms with Gasteiger partial charge in [-0.2, -0.15) is 4.98 Å². The summed E-state index contributed by atoms with van der Waals surface area (Å²) in [6.07, 6.45) is 5.91. The molecule has 1 aliphatic rings. The van der Waals surface area contributed by atoms with Crippen molar-refractivity contribution in [1.82, 2.24) is 15.0 Å². The Morgan fingerprint density at radius 3 is 2.48 bits per heavy atom. The molecule has 1 aromatic heterocycles. The number of hydrogen-bond acceptors (Lipinski definition) is 4. The Balaban J connectivity index is 1.52. The molecule has 5 nitrogen and oxygen atoms in total. The third kappa shape index (κ3) is 5.04. The van der Waals surface area contributed by atoms with Gasteiger partial charge in [0.05, 0.1) is 6.42 Å². The van der Waals surface area contributed by atoms with Crippen molar-refractivity contribution in [3.8, 4) is 11.4 Å². The Hall–Kier alpha value is -2.66. The zero-order valence-electron chi connectivity index (χ0n) is 16.3. The number of hydrogen-bond donors (Lipinski definition) is 0. The van der Waals surface area contributed by atoms with E-state index in [0.29, 0.717) is 29.7 Å². The van der Waals surface area contributed by atoms with Crippen LogP contribution < -0.4 is 0 Å². The van der Waals surface area contributed by atoms with Gasteiger partial charge < -0.3 is 9.42 Å². The first-order valence-corrected chi connectivity index (χ1v) is 10.5. The summed E-state index contributed by atoms with van der Waals surface area (Å²) in [6.45, 7) is 0.344. The van der Waals surface area contributed by atoms with Crippen molar-refractivity contribution in [2.45, 2.75) is 51.1 Å². The molecule has 0 saturated heterocycles. The van der Waals surface area contributed by atoms with Crippen LogP contribution in [0.4, 0.5) is 0 Å². The minimum atomic E-state index is 0.0821. The average molecular weight is 410 g/mol. The maximum Gasteiger partial charge on any atom is 0.246 e. The Labute approximate surface area is 175 Å². The summed E-state index contributed by atoms with van der Waals surface area (Å²) in [4.78, 5) is 19.6. The van der Waals surface area contributed by atoms with E-state index in [2.05, 4.69) is 10.1 Å². The molecule has 0 bridgehead atoms. The molecule has 1 saturated carbocycles. The minimum absolute atomic E-state index is 0.0821. The third-order valence-corrected chi connectivity index (χ3v) is 5.66. The molecule has 1 aliphatic carbocycles. The molecule has 29 heavy (non-hydrogen) atoms. The Kier molecular flexibility index (Phi) is 6.25. The van der Waals surface area contributed by atoms with Crippen molar-refractivity contribution >= 4 is 17.5 Å². The highest BCUT2D eigenvalue weighted by molar-refractivity contribution is 6.30. The molecule has 1 fully saturated rings. The molecule has 0 N–H and O–H groups in total. The van der Waals surface area contributed by atoms with Crippen molar-refractivity contribution in [3.05, 3.63) is 71.1 Å². The lowest BCUT2D eigenvalue weighted by molar-refractivity contribution is -0.134. The monoisotopic (exact) mass is 409 g/mol. The Morgan fingerprint density at radius 1 is 1.03 bits per heavy atom. The molecule has 0 unspecified atom stereocenters. The number of halogens is 1. The van der Waals surface area contributed by atoms with Gasteiger partial charge in [-0.15, -0.1) is 0 Å². The van der Waals surface area contributed by atoms with E-state index >= 15 is 0 Å². The van der Waals surface area contributed by atoms with Crippen molar-refractivity contribution < 1.29 is 9.32 Å². The van der Waals surface area contributed by atoms with Crippen molar-refractivity contribution in [3.63, 3.8) is 0 Å². The highest BCUT2D eigenvalue weighted by Gasteiger charge is 2.27. The predicted molar refractivity (Wildman–Crippen MR) is 112 cm³/mol. The van der Waals surface area contributed by atoms with E-state index in [1.54, 1.807) is 0 Å². The predicted octanol–water partition coefficient (Wildman–Crippen LogP) is 5.29. The number of rotatable bonds is 6. The summed E-state index contributed by atoms with van der Waals surface area (Å²) in [6, 6.07) is 17.4. The van der Waals surface area contributed by atoms with E-state index in [4.69, 9.17) is 16.1 Å². The molecule has 0 atom stereocenters. The smallest absolute Gasteiger partial charge is 0.246 e. The van der Waals surface area contributed by atoms with Gasteiger partial charge >= 0.3 is 0 Å². The lowest BCUT2D eigenvalue weighted by Gasteiger charge is -2.33. The first kappa shape index (κ1) is 19.6. The van der Waals surface area contributed by atoms with Crippen LogP contribution in [0.25, 0.3) is 11.4 Å². The van der Waals surface area contributed by atoms with Crippen LogP contribution in [0.15, 0.2) is 59.1 Å². The number of nitrogens with zero attached hydrogens (tertiary/aromatic N) is 3. The quantitative estimate of drug-likeness (QED) is 0.554. The number of carbonyl (C=O) groups excluding carboxylic acids is 1. The second-order valence-electron chi connectivity index (χ2n) is 7.49. The van der Waals surface area contributed by atoms with Crippen LogP contribution in [0.2, 0.25) is 5.02 Å². The maximum absolute atomic E-state index is 13.2. The van der Waals surface area contributed by atoms with Crippen LogP contribution in [-0.2, 0) is 17.8 Å². The van der Waals surface area contributed by atoms with Crippen LogP contribution >= 0.6 is 11.6 Å². The largest absolute Gasteiger partial charge is 0.337 e. The van der Waals surface area contributed by atoms with Gasteiger partial charge in [-0.3, -0.25) is 4.79 Å². The summed E-state index contributed by atoms with van der Waals surface area (Å²) in [5, 5.41) is 4.77. The molecule has 1 amide bonds. The van der Waals surface area contributed by atoms with Gasteiger partial charge in [0.25, 0.3) is 0 Å². The number of carbonyl (C=O) groups is 1. The Bertz CT molecular complexity index is 934. The highest BCUT2D eigenvalue weighted by Crippen LogP contribution is 2.25. The zero-order valence-corrected chi connectivity index (χ0v) is 17.0. The molecule has 6 heteroatoms. The number of aromatic nitrogens is 2. The van der Waals surface area contributed by atoms with Crippen molar-refractivity contribution in [1.29, 1.82) is 0 Å². The average Bonchev–Trinajstić information content (AvgIpc) is 3.24. The molecule has 0 aliphatic heterocycles. The highest BCUT2D eigenvalue weighted by atomic mass is 35.5. The van der Waals surface area contributed by atoms with Crippen molar-refractivity contribution in [2.24, 2.45) is 0 Å². The van der Waals surface area contributed by atoms with Crippen LogP contribution in [0.1, 0.15) is 43.6 Å². The second kappa shape index (κ2) is 9.23. The summed E-state index contributed by atoms with van der Waals surface area (Å²) >= 11 is 5.97. The normalized spacial score (nSPS) is 14.7. The van der Waals surface area contributed by atoms with E-state index in [1.165, 1.54) is 6.42 Å². The maximum atomic E-state index is 13.2. The summed E-state index contributed by atoms with van der Waals surface area (Å²) in [5.41, 5.74) is 1.86. The lowest BCUT2D eigenvalue weighted by atomic mass is 9.93. The zero-order chi connectivity index (χ0) is 20.1. The van der Waals surface area contributed by atoms with Gasteiger partial charge in [0, 0.05) is 16.6 Å². The molecular weight excluding hydrogens is 386 g/mol. The SMILES string of the molecule is O=C(Cc1ccc(Cl)cc1)N(Cc1nc(-c2ccccc2)no1)C1CCCCC1. The van der Waals surface area contributed by atoms with Gasteiger partial charge in [0.15, 0.2) is 0 Å². The molecule has 1 heterocycles. The summed E-state index contributed by atoms with van der Waals surface area (Å²) < 4.78 is 5.48. The van der Waals surface area contributed by atoms with Gasteiger partial charge in [-0.1, -0.05) is 78.5 Å². The van der Waals surface area contributed by atoms with E-state index < -0.39 is 0 Å². The van der Waals surface area contributed by atoms with Crippen LogP contribution in [0, 0.1) is 0 Å². The van der Waals surface area contributed by atoms with E-state index in [9.17, 15) is 4.79 Å². The first-order valence-electron chi connectivity index (χ1n) is 10.1. The van der Waals surface area contributed by atoms with Gasteiger partial charge in [0.2, 0.25) is 17.6 Å². The van der Waals surface area contributed by atoms with Crippen molar-refractivity contribution in [2.75, 3.05) is 0 Å². The van der Waals surface area contributed by atoms with E-state index in [0.717, 1.165) is 36.8 Å². The topological polar surface area (TPSA) is 59.2 Å². The van der Waals surface area contributed by atoms with Crippen LogP contribution in [0.3, 0.4) is 0 Å². The molecule has 150 valence electrons. The summed E-state index contributed by atoms with van der Waals surface area (Å²) in [5.74, 6) is 1.10. The fraction of sp³-hybridized carbons (Fsp3) is 0.348. The first-order chi connectivity index (χ1) is 14.2. The minimum Gasteiger partial charge on any atom is -0.337 e. The van der Waals surface area contributed by atoms with E-state index in [1.807, 2.05) is 59.5 Å². The van der Waals surface area contributed by atoms with Gasteiger partial charge in [-0.25, -0.2) is 0 Å². The van der Waals surface area contributed by atoms with E-state index in [-0.39, 0.29) is 11.9 Å². The molecule has 2 aromatic carbocycles. The third-order valence-electron chi connectivity index (χ3n) is 5.41. The lowest BCUT2D eigenvalue weighted by Crippen LogP contribution is -2.41. The van der Waals surface area contributed by atoms with Crippen LogP contribution in [0.5, 0.6) is 0 Å². The molecule has 0 spiro atoms. The summed E-state index contributed by atoms with van der Waals surface area (Å²) in [7, 11) is 0. The Morgan fingerprint density at radius 2 is 1.76 bits per heavy atom. The molecule has 3 aromatic rings. The molecule has 4 rings (SSSR count). The van der Waals surface area contributed by atoms with Gasteiger partial charge in [0.1, 0.15) is 6.54 Å². The van der Waals surface area contributed by atoms with Crippen LogP contribution in [-0.4, -0.2) is 27.0 Å². The fourth-order valence-electron chi connectivity index (χ4n) is 3.86. The fourth-order valence-corrected chi connectivity index (χ4v) is 3.99.